The molecule has 0 aliphatic rings. The molecule has 0 radical (unpaired) electrons. The lowest BCUT2D eigenvalue weighted by atomic mass is 10.0. The van der Waals surface area contributed by atoms with Crippen molar-refractivity contribution in [1.82, 2.24) is 0 Å². The molecule has 0 aromatic heterocycles. The van der Waals surface area contributed by atoms with Crippen molar-refractivity contribution >= 4 is 17.1 Å². The Kier molecular flexibility index (Phi) is 15.7. The summed E-state index contributed by atoms with van der Waals surface area (Å²) in [6, 6.07) is 53.5. The second-order valence-electron chi connectivity index (χ2n) is 13.7. The van der Waals surface area contributed by atoms with Crippen LogP contribution >= 0.6 is 0 Å². The lowest BCUT2D eigenvalue weighted by Gasteiger charge is -2.18. The van der Waals surface area contributed by atoms with Crippen LogP contribution in [-0.4, -0.2) is 64.5 Å². The molecule has 0 saturated carbocycles. The summed E-state index contributed by atoms with van der Waals surface area (Å²) in [5.41, 5.74) is 29.8. The van der Waals surface area contributed by atoms with E-state index in [1.54, 1.807) is 7.05 Å². The van der Waals surface area contributed by atoms with Gasteiger partial charge in [-0.2, -0.15) is 9.58 Å². The Labute approximate surface area is 340 Å². The fraction of sp³-hybridized carbons (Fsp3) is 0.204. The first-order valence-electron chi connectivity index (χ1n) is 19.5. The van der Waals surface area contributed by atoms with Crippen LogP contribution in [0.1, 0.15) is 62.9 Å². The van der Waals surface area contributed by atoms with Crippen LogP contribution in [0.3, 0.4) is 0 Å². The first-order valence-corrected chi connectivity index (χ1v) is 19.5. The zero-order valence-electron chi connectivity index (χ0n) is 32.7. The molecule has 6 aromatic carbocycles. The fourth-order valence-electron chi connectivity index (χ4n) is 6.52. The van der Waals surface area contributed by atoms with Gasteiger partial charge in [-0.05, 0) is 109 Å². The summed E-state index contributed by atoms with van der Waals surface area (Å²) in [5.74, 6) is 0. The average Bonchev–Trinajstić information content (AvgIpc) is 3.28. The predicted octanol–water partition coefficient (Wildman–Crippen LogP) is 9.09. The fourth-order valence-corrected chi connectivity index (χ4v) is 6.52. The maximum Gasteiger partial charge on any atom is 0.379 e. The molecule has 0 aliphatic heterocycles. The molecule has 1 unspecified atom stereocenters. The van der Waals surface area contributed by atoms with Crippen LogP contribution in [0.25, 0.3) is 11.1 Å². The van der Waals surface area contributed by atoms with Crippen LogP contribution in [0.2, 0.25) is 0 Å². The predicted molar refractivity (Wildman–Crippen MR) is 226 cm³/mol. The Bertz CT molecular complexity index is 2350. The summed E-state index contributed by atoms with van der Waals surface area (Å²) < 4.78 is 18.7. The van der Waals surface area contributed by atoms with Crippen molar-refractivity contribution in [1.29, 1.82) is 0 Å². The number of hydrogen-bond donors (Lipinski definition) is 0. The van der Waals surface area contributed by atoms with Gasteiger partial charge in [-0.15, -0.1) is 0 Å². The van der Waals surface area contributed by atoms with Crippen LogP contribution < -0.4 is 0 Å². The minimum absolute atomic E-state index is 0.0787. The van der Waals surface area contributed by atoms with Gasteiger partial charge in [0.05, 0.1) is 69.2 Å². The number of benzene rings is 6. The van der Waals surface area contributed by atoms with Crippen LogP contribution in [0.4, 0.5) is 0 Å². The van der Waals surface area contributed by atoms with Crippen molar-refractivity contribution in [3.8, 4) is 0 Å². The Morgan fingerprint density at radius 3 is 1.33 bits per heavy atom. The number of nitrogens with zero attached hydrogens (tertiary/aromatic N) is 6. The van der Waals surface area contributed by atoms with Crippen LogP contribution in [0.5, 0.6) is 0 Å². The van der Waals surface area contributed by atoms with E-state index < -0.39 is 0 Å². The second kappa shape index (κ2) is 22.2. The van der Waals surface area contributed by atoms with E-state index in [-0.39, 0.29) is 6.10 Å². The molecular weight excluding hydrogens is 721 g/mol. The van der Waals surface area contributed by atoms with Crippen molar-refractivity contribution in [2.24, 2.45) is 5.11 Å². The zero-order chi connectivity index (χ0) is 40.2. The minimum atomic E-state index is -0.0787. The van der Waals surface area contributed by atoms with Gasteiger partial charge in [0, 0.05) is 13.2 Å². The van der Waals surface area contributed by atoms with Gasteiger partial charge >= 0.3 is 17.1 Å². The molecule has 0 saturated heterocycles. The summed E-state index contributed by atoms with van der Waals surface area (Å²) >= 11 is 0. The van der Waals surface area contributed by atoms with Gasteiger partial charge in [0.15, 0.2) is 0 Å². The van der Waals surface area contributed by atoms with E-state index in [1.165, 1.54) is 0 Å². The van der Waals surface area contributed by atoms with Gasteiger partial charge in [-0.1, -0.05) is 91.0 Å². The molecule has 0 amide bonds. The highest BCUT2D eigenvalue weighted by Gasteiger charge is 2.19. The quantitative estimate of drug-likeness (QED) is 0.0333. The molecule has 0 heterocycles. The van der Waals surface area contributed by atoms with Crippen molar-refractivity contribution in [2.75, 3.05) is 26.9 Å². The largest absolute Gasteiger partial charge is 0.381 e. The third-order valence-electron chi connectivity index (χ3n) is 9.68. The monoisotopic (exact) mass is 767 g/mol. The summed E-state index contributed by atoms with van der Waals surface area (Å²) in [6.07, 6.45) is 2.10. The van der Waals surface area contributed by atoms with Crippen molar-refractivity contribution in [3.63, 3.8) is 0 Å². The van der Waals surface area contributed by atoms with Crippen LogP contribution in [-0.2, 0) is 33.8 Å². The van der Waals surface area contributed by atoms with Gasteiger partial charge in [-0.25, -0.2) is 0 Å². The number of rotatable bonds is 20. The van der Waals surface area contributed by atoms with E-state index in [1.807, 2.05) is 140 Å². The molecule has 0 bridgehead atoms. The molecule has 1 atom stereocenters. The van der Waals surface area contributed by atoms with Gasteiger partial charge in [0.2, 0.25) is 0 Å². The Hall–Kier alpha value is -6.66. The van der Waals surface area contributed by atoms with Crippen LogP contribution in [0, 0.1) is 0 Å². The second-order valence-corrected chi connectivity index (χ2v) is 13.7. The minimum Gasteiger partial charge on any atom is -0.381 e. The Morgan fingerprint density at radius 1 is 0.466 bits per heavy atom. The third-order valence-corrected chi connectivity index (χ3v) is 9.68. The molecule has 6 aromatic rings. The zero-order valence-corrected chi connectivity index (χ0v) is 32.7. The van der Waals surface area contributed by atoms with E-state index in [0.29, 0.717) is 57.3 Å². The maximum absolute atomic E-state index is 9.68. The van der Waals surface area contributed by atoms with E-state index in [2.05, 4.69) is 43.7 Å². The van der Waals surface area contributed by atoms with E-state index >= 15 is 0 Å². The average molecular weight is 768 g/mol. The molecule has 9 nitrogen and oxygen atoms in total. The molecule has 0 fully saturated rings. The summed E-state index contributed by atoms with van der Waals surface area (Å²) in [4.78, 5) is 11.5. The van der Waals surface area contributed by atoms with Crippen molar-refractivity contribution in [3.05, 3.63) is 225 Å². The third kappa shape index (κ3) is 11.9. The lowest BCUT2D eigenvalue weighted by molar-refractivity contribution is -0.0830. The van der Waals surface area contributed by atoms with Crippen molar-refractivity contribution in [2.45, 2.75) is 38.6 Å². The molecular formula is C49H47N6O3+. The first kappa shape index (κ1) is 41.0. The molecule has 290 valence electrons. The van der Waals surface area contributed by atoms with Gasteiger partial charge in [0.1, 0.15) is 7.05 Å². The maximum atomic E-state index is 9.68. The Morgan fingerprint density at radius 2 is 0.862 bits per heavy atom. The topological polar surface area (TPSA) is 127 Å². The molecule has 9 heteroatoms. The summed E-state index contributed by atoms with van der Waals surface area (Å²) in [5, 5.41) is 4.05. The molecule has 0 spiro atoms. The summed E-state index contributed by atoms with van der Waals surface area (Å²) in [7, 11) is 1.68. The van der Waals surface area contributed by atoms with E-state index in [0.717, 1.165) is 62.2 Å². The normalized spacial score (nSPS) is 11.1. The van der Waals surface area contributed by atoms with E-state index in [4.69, 9.17) is 14.2 Å². The highest BCUT2D eigenvalue weighted by atomic mass is 16.5. The smallest absolute Gasteiger partial charge is 0.379 e. The summed E-state index contributed by atoms with van der Waals surface area (Å²) in [6.45, 7) is 2.54. The van der Waals surface area contributed by atoms with Gasteiger partial charge in [-0.3, -0.25) is 0 Å². The van der Waals surface area contributed by atoms with Crippen molar-refractivity contribution < 1.29 is 28.6 Å². The number of hydrogen-bond acceptors (Lipinski definition) is 4. The molecule has 6 rings (SSSR count). The standard InChI is InChI=1S/C49H47N6O3/c1-52-55-49(42-15-9-4-10-16-42)45-27-21-39(22-28-45)36-58-46(31-34-57-35-38-19-25-44(26-20-38)48(54-51)41-13-7-3-8-14-41)30-33-56-32-29-37-17-23-43(24-18-37)47(53-50)40-11-5-2-6-12-40/h2-28,46H,29-36H2,1H3/q+1. The van der Waals surface area contributed by atoms with Gasteiger partial charge in [0.25, 0.3) is 0 Å². The Balaban J connectivity index is 1.02. The highest BCUT2D eigenvalue weighted by molar-refractivity contribution is 6.10. The molecule has 0 N–H and O–H groups in total. The lowest BCUT2D eigenvalue weighted by Crippen LogP contribution is -2.19. The molecule has 0 aliphatic carbocycles. The van der Waals surface area contributed by atoms with Crippen LogP contribution in [0.15, 0.2) is 169 Å². The SMILES string of the molecule is CN=[N+]=C(c1ccccc1)c1ccc(COC(CCOCCc2ccc(C(=[N+]=[N-])c3ccccc3)cc2)CCOCc2ccc(C(=[N+]=[N-])c3ccccc3)cc2)cc1. The molecule has 58 heavy (non-hydrogen) atoms. The van der Waals surface area contributed by atoms with E-state index in [9.17, 15) is 11.1 Å². The van der Waals surface area contributed by atoms with Gasteiger partial charge < -0.3 is 25.3 Å². The number of ether oxygens (including phenoxy) is 3. The first-order chi connectivity index (χ1) is 28.6. The highest BCUT2D eigenvalue weighted by Crippen LogP contribution is 2.17.